The molecule has 0 bridgehead atoms. The lowest BCUT2D eigenvalue weighted by atomic mass is 10.0. The second-order valence-electron chi connectivity index (χ2n) is 5.70. The van der Waals surface area contributed by atoms with E-state index < -0.39 is 18.0 Å². The molecule has 5 nitrogen and oxygen atoms in total. The van der Waals surface area contributed by atoms with Gasteiger partial charge in [0.25, 0.3) is 0 Å². The van der Waals surface area contributed by atoms with Crippen LogP contribution in [0.1, 0.15) is 83.5 Å². The molecule has 0 amide bonds. The zero-order valence-corrected chi connectivity index (χ0v) is 12.9. The molecule has 21 heavy (non-hydrogen) atoms. The maximum absolute atomic E-state index is 10.3. The van der Waals surface area contributed by atoms with Crippen molar-refractivity contribution in [3.05, 3.63) is 0 Å². The van der Waals surface area contributed by atoms with Crippen molar-refractivity contribution in [2.75, 3.05) is 0 Å². The molecular weight excluding hydrogens is 272 g/mol. The van der Waals surface area contributed by atoms with Gasteiger partial charge in [0.05, 0.1) is 6.10 Å². The van der Waals surface area contributed by atoms with Gasteiger partial charge in [0.15, 0.2) is 0 Å². The molecule has 0 aliphatic heterocycles. The number of carbonyl (C=O) groups is 2. The first-order valence-corrected chi connectivity index (χ1v) is 8.14. The average molecular weight is 302 g/mol. The third-order valence-electron chi connectivity index (χ3n) is 3.62. The molecule has 0 aliphatic rings. The summed E-state index contributed by atoms with van der Waals surface area (Å²) in [4.78, 5) is 20.6. The first-order chi connectivity index (χ1) is 10.0. The smallest absolute Gasteiger partial charge is 0.303 e. The number of hydrogen-bond acceptors (Lipinski definition) is 3. The number of rotatable bonds is 15. The van der Waals surface area contributed by atoms with Crippen LogP contribution in [0, 0.1) is 0 Å². The number of carboxylic acids is 2. The monoisotopic (exact) mass is 302 g/mol. The topological polar surface area (TPSA) is 94.8 Å². The van der Waals surface area contributed by atoms with Crippen molar-refractivity contribution >= 4 is 11.9 Å². The van der Waals surface area contributed by atoms with Crippen LogP contribution in [-0.4, -0.2) is 33.4 Å². The molecule has 0 aliphatic carbocycles. The molecule has 5 heteroatoms. The predicted octanol–water partition coefficient (Wildman–Crippen LogP) is 3.59. The highest BCUT2D eigenvalue weighted by Crippen LogP contribution is 2.13. The fourth-order valence-corrected chi connectivity index (χ4v) is 2.33. The Morgan fingerprint density at radius 2 is 1.05 bits per heavy atom. The van der Waals surface area contributed by atoms with Crippen LogP contribution in [0.5, 0.6) is 0 Å². The summed E-state index contributed by atoms with van der Waals surface area (Å²) in [5, 5.41) is 26.5. The van der Waals surface area contributed by atoms with Crippen molar-refractivity contribution in [2.24, 2.45) is 0 Å². The minimum atomic E-state index is -0.850. The van der Waals surface area contributed by atoms with Gasteiger partial charge in [-0.25, -0.2) is 0 Å². The Kier molecular flexibility index (Phi) is 13.1. The summed E-state index contributed by atoms with van der Waals surface area (Å²) in [6.07, 6.45) is 10.5. The zero-order chi connectivity index (χ0) is 15.9. The summed E-state index contributed by atoms with van der Waals surface area (Å²) in [5.41, 5.74) is 0. The van der Waals surface area contributed by atoms with Crippen LogP contribution in [0.3, 0.4) is 0 Å². The second kappa shape index (κ2) is 13.9. The number of aliphatic carboxylic acids is 2. The van der Waals surface area contributed by atoms with Crippen molar-refractivity contribution in [1.29, 1.82) is 0 Å². The van der Waals surface area contributed by atoms with Gasteiger partial charge in [-0.1, -0.05) is 51.4 Å². The Morgan fingerprint density at radius 1 is 0.619 bits per heavy atom. The fraction of sp³-hybridized carbons (Fsp3) is 0.875. The molecule has 0 saturated carbocycles. The van der Waals surface area contributed by atoms with Crippen LogP contribution < -0.4 is 0 Å². The number of hydrogen-bond donors (Lipinski definition) is 3. The fourth-order valence-electron chi connectivity index (χ4n) is 2.33. The van der Waals surface area contributed by atoms with Gasteiger partial charge in [0.1, 0.15) is 0 Å². The number of aliphatic hydroxyl groups excluding tert-OH is 1. The minimum Gasteiger partial charge on any atom is -0.481 e. The number of aliphatic hydroxyl groups is 1. The van der Waals surface area contributed by atoms with Crippen molar-refractivity contribution in [2.45, 2.75) is 89.6 Å². The maximum atomic E-state index is 10.3. The molecule has 0 aromatic rings. The van der Waals surface area contributed by atoms with Crippen LogP contribution >= 0.6 is 0 Å². The largest absolute Gasteiger partial charge is 0.481 e. The van der Waals surface area contributed by atoms with E-state index in [2.05, 4.69) is 0 Å². The Hall–Kier alpha value is -1.10. The summed E-state index contributed by atoms with van der Waals surface area (Å²) >= 11 is 0. The van der Waals surface area contributed by atoms with Crippen molar-refractivity contribution in [3.8, 4) is 0 Å². The average Bonchev–Trinajstić information content (AvgIpc) is 2.42. The lowest BCUT2D eigenvalue weighted by Gasteiger charge is -2.08. The van der Waals surface area contributed by atoms with Gasteiger partial charge in [0, 0.05) is 12.8 Å². The van der Waals surface area contributed by atoms with Gasteiger partial charge in [-0.3, -0.25) is 9.59 Å². The Morgan fingerprint density at radius 3 is 1.52 bits per heavy atom. The van der Waals surface area contributed by atoms with E-state index in [1.165, 1.54) is 19.3 Å². The predicted molar refractivity (Wildman–Crippen MR) is 81.3 cm³/mol. The van der Waals surface area contributed by atoms with Gasteiger partial charge < -0.3 is 15.3 Å². The summed E-state index contributed by atoms with van der Waals surface area (Å²) in [6, 6.07) is 0. The van der Waals surface area contributed by atoms with Crippen LogP contribution in [-0.2, 0) is 9.59 Å². The highest BCUT2D eigenvalue weighted by atomic mass is 16.4. The van der Waals surface area contributed by atoms with Gasteiger partial charge in [-0.15, -0.1) is 0 Å². The normalized spacial score (nSPS) is 12.2. The van der Waals surface area contributed by atoms with E-state index in [9.17, 15) is 14.7 Å². The molecule has 124 valence electrons. The Balaban J connectivity index is 3.15. The summed E-state index contributed by atoms with van der Waals surface area (Å²) < 4.78 is 0. The molecule has 1 atom stereocenters. The SMILES string of the molecule is O=C(O)CCCCCCCCCCCC(O)CCC(=O)O. The van der Waals surface area contributed by atoms with Gasteiger partial charge in [-0.05, 0) is 19.3 Å². The molecule has 1 unspecified atom stereocenters. The highest BCUT2D eigenvalue weighted by molar-refractivity contribution is 5.66. The maximum Gasteiger partial charge on any atom is 0.303 e. The van der Waals surface area contributed by atoms with E-state index in [0.29, 0.717) is 12.8 Å². The lowest BCUT2D eigenvalue weighted by molar-refractivity contribution is -0.138. The van der Waals surface area contributed by atoms with Crippen molar-refractivity contribution in [3.63, 3.8) is 0 Å². The van der Waals surface area contributed by atoms with Crippen molar-refractivity contribution < 1.29 is 24.9 Å². The van der Waals surface area contributed by atoms with Crippen LogP contribution in [0.15, 0.2) is 0 Å². The van der Waals surface area contributed by atoms with Gasteiger partial charge in [0.2, 0.25) is 0 Å². The number of carboxylic acid groups (broad SMARTS) is 2. The summed E-state index contributed by atoms with van der Waals surface area (Å²) in [6.45, 7) is 0. The lowest BCUT2D eigenvalue weighted by Crippen LogP contribution is -2.09. The third-order valence-corrected chi connectivity index (χ3v) is 3.62. The van der Waals surface area contributed by atoms with Crippen molar-refractivity contribution in [1.82, 2.24) is 0 Å². The van der Waals surface area contributed by atoms with E-state index in [4.69, 9.17) is 10.2 Å². The highest BCUT2D eigenvalue weighted by Gasteiger charge is 2.06. The Labute approximate surface area is 127 Å². The quantitative estimate of drug-likeness (QED) is 0.402. The van der Waals surface area contributed by atoms with E-state index in [0.717, 1.165) is 38.5 Å². The molecule has 0 heterocycles. The van der Waals surface area contributed by atoms with Crippen LogP contribution in [0.25, 0.3) is 0 Å². The Bertz CT molecular complexity index is 278. The third kappa shape index (κ3) is 16.8. The first-order valence-electron chi connectivity index (χ1n) is 8.14. The van der Waals surface area contributed by atoms with E-state index >= 15 is 0 Å². The van der Waals surface area contributed by atoms with Gasteiger partial charge >= 0.3 is 11.9 Å². The van der Waals surface area contributed by atoms with E-state index in [1.807, 2.05) is 0 Å². The molecule has 0 spiro atoms. The molecular formula is C16H30O5. The zero-order valence-electron chi connectivity index (χ0n) is 12.9. The summed E-state index contributed by atoms with van der Waals surface area (Å²) in [5.74, 6) is -1.56. The molecule has 0 fully saturated rings. The molecule has 0 rings (SSSR count). The van der Waals surface area contributed by atoms with Crippen LogP contribution in [0.2, 0.25) is 0 Å². The van der Waals surface area contributed by atoms with Crippen LogP contribution in [0.4, 0.5) is 0 Å². The molecule has 0 aromatic carbocycles. The molecule has 0 saturated heterocycles. The second-order valence-corrected chi connectivity index (χ2v) is 5.70. The molecule has 3 N–H and O–H groups in total. The first kappa shape index (κ1) is 19.9. The van der Waals surface area contributed by atoms with E-state index in [-0.39, 0.29) is 12.8 Å². The van der Waals surface area contributed by atoms with E-state index in [1.54, 1.807) is 0 Å². The summed E-state index contributed by atoms with van der Waals surface area (Å²) in [7, 11) is 0. The molecule has 0 aromatic heterocycles. The standard InChI is InChI=1S/C16H30O5/c17-14(12-13-16(20)21)10-8-6-4-2-1-3-5-7-9-11-15(18)19/h14,17H,1-13H2,(H,18,19)(H,20,21). The molecule has 0 radical (unpaired) electrons. The minimum absolute atomic E-state index is 0.0447. The number of unbranched alkanes of at least 4 members (excludes halogenated alkanes) is 8. The van der Waals surface area contributed by atoms with Gasteiger partial charge in [-0.2, -0.15) is 0 Å².